The highest BCUT2D eigenvalue weighted by Gasteiger charge is 2.47. The van der Waals surface area contributed by atoms with Gasteiger partial charge in [-0.15, -0.1) is 0 Å². The van der Waals surface area contributed by atoms with Crippen molar-refractivity contribution in [3.05, 3.63) is 0 Å². The number of hydrogen-bond donors (Lipinski definition) is 17. The van der Waals surface area contributed by atoms with Crippen molar-refractivity contribution >= 4 is 35.3 Å². The number of aliphatic hydroxyl groups excluding tert-OH is 12. The molecular weight excluding hydrogens is 1270 g/mol. The van der Waals surface area contributed by atoms with Crippen molar-refractivity contribution in [1.82, 2.24) is 36.4 Å². The summed E-state index contributed by atoms with van der Waals surface area (Å²) in [5.41, 5.74) is 0. The molecule has 33 nitrogen and oxygen atoms in total. The second kappa shape index (κ2) is 42.4. The summed E-state index contributed by atoms with van der Waals surface area (Å²) >= 11 is 0. The fourth-order valence-corrected chi connectivity index (χ4v) is 12.5. The zero-order valence-electron chi connectivity index (χ0n) is 56.4. The molecule has 0 bridgehead atoms. The molecule has 17 N–H and O–H groups in total. The summed E-state index contributed by atoms with van der Waals surface area (Å²) in [6.45, 7) is 14.6. The van der Waals surface area contributed by atoms with E-state index in [1.807, 2.05) is 13.8 Å². The molecule has 0 aliphatic carbocycles. The highest BCUT2D eigenvalue weighted by Crippen LogP contribution is 2.30. The second-order valence-corrected chi connectivity index (χ2v) is 25.8. The van der Waals surface area contributed by atoms with Crippen molar-refractivity contribution in [3.8, 4) is 0 Å². The van der Waals surface area contributed by atoms with Gasteiger partial charge in [-0.25, -0.2) is 0 Å². The predicted octanol–water partition coefficient (Wildman–Crippen LogP) is -5.68. The van der Waals surface area contributed by atoms with E-state index in [0.717, 1.165) is 45.1 Å². The molecule has 6 rings (SSSR count). The Hall–Kier alpha value is -3.86. The SMILES string of the molecule is CCNC(=O)CCCCCN1CC[C@@H](C(=O)NCCO[C@@H]2O[C@@H](C)[C@@H](O)[C@@H](O)[C@@H]2O)[C@@H](C(=O)CCCO[C@@H]2O[C@@H](C)[C@@H](O)[C@@H](O)[C@@H]2O)C1.CCNC(=O)CCCCCN1CC[C@@H](C(=O)NCCO[C@@H]2O[C@@H](C)[C@@H](O)[C@@H](O)[C@@H]2O)[C@@H](C(=O)NCCO[C@@H]2O[C@@H](C)[C@@H](O)[C@@H](O)[C@@H]2O)C1. The van der Waals surface area contributed by atoms with E-state index in [4.69, 9.17) is 37.9 Å². The van der Waals surface area contributed by atoms with Crippen LogP contribution in [0.1, 0.15) is 119 Å². The van der Waals surface area contributed by atoms with Crippen molar-refractivity contribution in [2.75, 3.05) is 98.4 Å². The van der Waals surface area contributed by atoms with Gasteiger partial charge >= 0.3 is 0 Å². The second-order valence-electron chi connectivity index (χ2n) is 25.8. The summed E-state index contributed by atoms with van der Waals surface area (Å²) in [5.74, 6) is -3.54. The molecule has 0 unspecified atom stereocenters. The average molecular weight is 1380 g/mol. The molecule has 5 amide bonds. The van der Waals surface area contributed by atoms with E-state index in [2.05, 4.69) is 36.4 Å². The number of likely N-dealkylation sites (tertiary alicyclic amines) is 2. The summed E-state index contributed by atoms with van der Waals surface area (Å²) in [6.07, 6.45) is -17.2. The molecule has 556 valence electrons. The zero-order valence-corrected chi connectivity index (χ0v) is 56.4. The largest absolute Gasteiger partial charge is 0.388 e. The molecule has 24 atom stereocenters. The Labute approximate surface area is 561 Å². The van der Waals surface area contributed by atoms with Gasteiger partial charge in [0.2, 0.25) is 29.5 Å². The van der Waals surface area contributed by atoms with Crippen LogP contribution in [0.2, 0.25) is 0 Å². The van der Waals surface area contributed by atoms with Crippen molar-refractivity contribution in [2.24, 2.45) is 23.7 Å². The van der Waals surface area contributed by atoms with Gasteiger partial charge in [0.15, 0.2) is 25.2 Å². The van der Waals surface area contributed by atoms with Gasteiger partial charge < -0.3 is 136 Å². The number of carbonyl (C=O) groups is 6. The van der Waals surface area contributed by atoms with Crippen LogP contribution < -0.4 is 26.6 Å². The number of amides is 5. The first kappa shape index (κ1) is 82.8. The standard InChI is InChI=1S/C32H57N3O13.C31H56N4O13/c1-4-33-23(37)10-6-5-7-13-35-14-11-20(30(44)34-12-16-46-32-29(43)27(41)25(39)19(3)48-32)21(17-35)22(36)9-8-15-45-31-28(42)26(40)24(38)18(2)47-31;1-4-32-21(36)8-6-5-7-12-35-13-9-19(28(43)33-10-14-45-30-26(41)24(39)22(37)17(2)47-30)20(16-35)29(44)34-11-15-46-31-27(42)25(40)23(38)18(3)48-31/h18-21,24-29,31-32,38-43H,4-17H2,1-3H3,(H,33,37)(H,34,44);17-20,22-27,30-31,37-42H,4-16H2,1-3H3,(H,32,36)(H,33,43)(H,34,44)/t18-,19-,20+,21-,24+,25+,26+,27+,28-,29-,31+,32+;17-,18-,19+,20-,22+,23+,24+,25+,26-,27-,30+,31+/m00/s1. The van der Waals surface area contributed by atoms with Gasteiger partial charge in [-0.3, -0.25) is 28.8 Å². The third-order valence-electron chi connectivity index (χ3n) is 18.5. The fraction of sp³-hybridized carbons (Fsp3) is 0.905. The Balaban J connectivity index is 0.000000347. The number of nitrogens with zero attached hydrogens (tertiary/aromatic N) is 2. The van der Waals surface area contributed by atoms with Crippen LogP contribution in [0.5, 0.6) is 0 Å². The maximum absolute atomic E-state index is 13.5. The maximum Gasteiger partial charge on any atom is 0.225 e. The summed E-state index contributed by atoms with van der Waals surface area (Å²) in [6, 6.07) is 0. The van der Waals surface area contributed by atoms with Crippen LogP contribution in [0.15, 0.2) is 0 Å². The first-order valence-corrected chi connectivity index (χ1v) is 34.3. The van der Waals surface area contributed by atoms with Gasteiger partial charge in [0.25, 0.3) is 0 Å². The van der Waals surface area contributed by atoms with Gasteiger partial charge in [0, 0.05) is 71.0 Å². The highest BCUT2D eigenvalue weighted by atomic mass is 16.7. The molecular formula is C63H113N7O26. The third-order valence-corrected chi connectivity index (χ3v) is 18.5. The summed E-state index contributed by atoms with van der Waals surface area (Å²) < 4.78 is 43.8. The normalized spacial score (nSPS) is 36.0. The molecule has 0 aromatic heterocycles. The average Bonchev–Trinajstić information content (AvgIpc) is 0.889. The molecule has 6 saturated heterocycles. The Bertz CT molecular complexity index is 2170. The summed E-state index contributed by atoms with van der Waals surface area (Å²) in [4.78, 5) is 81.3. The van der Waals surface area contributed by atoms with E-state index >= 15 is 0 Å². The lowest BCUT2D eigenvalue weighted by Crippen LogP contribution is -2.57. The summed E-state index contributed by atoms with van der Waals surface area (Å²) in [7, 11) is 0. The third kappa shape index (κ3) is 25.3. The van der Waals surface area contributed by atoms with Gasteiger partial charge in [0.05, 0.1) is 68.6 Å². The molecule has 6 aliphatic rings. The zero-order chi connectivity index (χ0) is 70.8. The van der Waals surface area contributed by atoms with E-state index in [9.17, 15) is 90.0 Å². The molecule has 6 fully saturated rings. The number of carbonyl (C=O) groups excluding carboxylic acids is 6. The van der Waals surface area contributed by atoms with E-state index in [-0.39, 0.29) is 87.8 Å². The van der Waals surface area contributed by atoms with Gasteiger partial charge in [-0.1, -0.05) is 12.8 Å². The first-order chi connectivity index (χ1) is 45.7. The van der Waals surface area contributed by atoms with Crippen molar-refractivity contribution < 1.29 is 128 Å². The van der Waals surface area contributed by atoms with Crippen LogP contribution in [0, 0.1) is 23.7 Å². The van der Waals surface area contributed by atoms with Crippen LogP contribution >= 0.6 is 0 Å². The van der Waals surface area contributed by atoms with Crippen molar-refractivity contribution in [1.29, 1.82) is 0 Å². The summed E-state index contributed by atoms with van der Waals surface area (Å²) in [5, 5.41) is 134. The van der Waals surface area contributed by atoms with Crippen LogP contribution in [0.25, 0.3) is 0 Å². The Kier molecular flexibility index (Phi) is 36.6. The molecule has 0 aromatic rings. The maximum atomic E-state index is 13.5. The number of nitrogens with one attached hydrogen (secondary N) is 5. The van der Waals surface area contributed by atoms with Crippen LogP contribution in [0.3, 0.4) is 0 Å². The number of Topliss-reactive ketones (excluding diaryl/α,β-unsaturated/α-hetero) is 1. The smallest absolute Gasteiger partial charge is 0.225 e. The highest BCUT2D eigenvalue weighted by molar-refractivity contribution is 5.89. The lowest BCUT2D eigenvalue weighted by molar-refractivity contribution is -0.293. The molecule has 6 aliphatic heterocycles. The Morgan fingerprint density at radius 2 is 0.677 bits per heavy atom. The molecule has 0 radical (unpaired) electrons. The number of ether oxygens (including phenoxy) is 8. The molecule has 0 saturated carbocycles. The van der Waals surface area contributed by atoms with Gasteiger partial charge in [-0.2, -0.15) is 0 Å². The Morgan fingerprint density at radius 1 is 0.365 bits per heavy atom. The predicted molar refractivity (Wildman–Crippen MR) is 337 cm³/mol. The number of ketones is 1. The lowest BCUT2D eigenvalue weighted by atomic mass is 9.80. The van der Waals surface area contributed by atoms with E-state index < -0.39 is 146 Å². The molecule has 6 heterocycles. The molecule has 96 heavy (non-hydrogen) atoms. The minimum Gasteiger partial charge on any atom is -0.388 e. The van der Waals surface area contributed by atoms with Crippen molar-refractivity contribution in [3.63, 3.8) is 0 Å². The fourth-order valence-electron chi connectivity index (χ4n) is 12.5. The number of aliphatic hydroxyl groups is 12. The van der Waals surface area contributed by atoms with E-state index in [1.54, 1.807) is 13.8 Å². The monoisotopic (exact) mass is 1380 g/mol. The molecule has 33 heteroatoms. The topological polar surface area (TPSA) is 486 Å². The minimum absolute atomic E-state index is 0.0247. The minimum atomic E-state index is -1.47. The van der Waals surface area contributed by atoms with Crippen LogP contribution in [0.4, 0.5) is 0 Å². The number of hydrogen-bond acceptors (Lipinski definition) is 28. The molecule has 0 aromatic carbocycles. The van der Waals surface area contributed by atoms with Crippen molar-refractivity contribution in [2.45, 2.75) is 241 Å². The van der Waals surface area contributed by atoms with Crippen LogP contribution in [-0.4, -0.2) is 328 Å². The van der Waals surface area contributed by atoms with Crippen LogP contribution in [-0.2, 0) is 66.7 Å². The van der Waals surface area contributed by atoms with E-state index in [1.165, 1.54) is 13.8 Å². The van der Waals surface area contributed by atoms with Gasteiger partial charge in [0.1, 0.15) is 79.0 Å². The molecule has 0 spiro atoms. The lowest BCUT2D eigenvalue weighted by Gasteiger charge is -2.39. The van der Waals surface area contributed by atoms with E-state index in [0.29, 0.717) is 77.9 Å². The quantitative estimate of drug-likeness (QED) is 0.0263. The number of rotatable bonds is 35. The Morgan fingerprint density at radius 3 is 1.02 bits per heavy atom. The first-order valence-electron chi connectivity index (χ1n) is 34.3. The van der Waals surface area contributed by atoms with Gasteiger partial charge in [-0.05, 0) is 113 Å². The number of piperidine rings is 2. The number of unbranched alkanes of at least 4 members (excludes halogenated alkanes) is 4.